The number of rotatable bonds is 5. The van der Waals surface area contributed by atoms with Gasteiger partial charge in [0.25, 0.3) is 0 Å². The van der Waals surface area contributed by atoms with E-state index in [4.69, 9.17) is 9.84 Å². The summed E-state index contributed by atoms with van der Waals surface area (Å²) in [4.78, 5) is 10.2. The summed E-state index contributed by atoms with van der Waals surface area (Å²) in [6.45, 7) is 2.37. The maximum atomic E-state index is 10.2. The van der Waals surface area contributed by atoms with Crippen LogP contribution in [0.25, 0.3) is 0 Å². The molecule has 1 aromatic carbocycles. The van der Waals surface area contributed by atoms with Crippen LogP contribution in [0.1, 0.15) is 12.0 Å². The highest BCUT2D eigenvalue weighted by atomic mass is 16.5. The zero-order valence-electron chi connectivity index (χ0n) is 8.64. The van der Waals surface area contributed by atoms with Crippen LogP contribution in [-0.2, 0) is 4.79 Å². The van der Waals surface area contributed by atoms with Crippen molar-refractivity contribution in [3.63, 3.8) is 0 Å². The van der Waals surface area contributed by atoms with E-state index in [1.165, 1.54) is 0 Å². The van der Waals surface area contributed by atoms with Gasteiger partial charge >= 0.3 is 5.97 Å². The Bertz CT molecular complexity index is 356. The Kier molecular flexibility index (Phi) is 4.41. The average Bonchev–Trinajstić information content (AvgIpc) is 2.20. The van der Waals surface area contributed by atoms with Gasteiger partial charge in [-0.1, -0.05) is 30.4 Å². The molecule has 0 atom stereocenters. The number of carbonyl (C=O) groups is 1. The fourth-order valence-electron chi connectivity index (χ4n) is 1.11. The Morgan fingerprint density at radius 2 is 2.13 bits per heavy atom. The zero-order valence-corrected chi connectivity index (χ0v) is 8.64. The molecule has 1 N–H and O–H groups in total. The summed E-state index contributed by atoms with van der Waals surface area (Å²) in [6, 6.07) is 7.71. The minimum absolute atomic E-state index is 0.0388. The highest BCUT2D eigenvalue weighted by Crippen LogP contribution is 2.15. The van der Waals surface area contributed by atoms with E-state index in [-0.39, 0.29) is 6.42 Å². The topological polar surface area (TPSA) is 46.5 Å². The molecule has 0 fully saturated rings. The lowest BCUT2D eigenvalue weighted by Crippen LogP contribution is -1.96. The SMILES string of the molecule is Cc1ccccc1OC/C=C/CC(=O)O. The Morgan fingerprint density at radius 1 is 1.40 bits per heavy atom. The first-order valence-electron chi connectivity index (χ1n) is 4.75. The molecule has 0 aromatic heterocycles. The molecule has 1 aromatic rings. The minimum Gasteiger partial charge on any atom is -0.489 e. The van der Waals surface area contributed by atoms with Crippen molar-refractivity contribution in [2.24, 2.45) is 0 Å². The van der Waals surface area contributed by atoms with E-state index >= 15 is 0 Å². The summed E-state index contributed by atoms with van der Waals surface area (Å²) in [6.07, 6.45) is 3.33. The van der Waals surface area contributed by atoms with Gasteiger partial charge in [0.15, 0.2) is 0 Å². The van der Waals surface area contributed by atoms with Crippen molar-refractivity contribution >= 4 is 5.97 Å². The molecule has 3 nitrogen and oxygen atoms in total. The molecule has 0 aliphatic carbocycles. The molecule has 0 unspecified atom stereocenters. The smallest absolute Gasteiger partial charge is 0.307 e. The van der Waals surface area contributed by atoms with Gasteiger partial charge in [0.05, 0.1) is 6.42 Å². The van der Waals surface area contributed by atoms with Gasteiger partial charge in [0.1, 0.15) is 12.4 Å². The first kappa shape index (κ1) is 11.3. The fraction of sp³-hybridized carbons (Fsp3) is 0.250. The molecule has 0 heterocycles. The second-order valence-electron chi connectivity index (χ2n) is 3.15. The van der Waals surface area contributed by atoms with E-state index in [1.54, 1.807) is 12.2 Å². The van der Waals surface area contributed by atoms with Crippen molar-refractivity contribution in [2.45, 2.75) is 13.3 Å². The Balaban J connectivity index is 2.35. The maximum Gasteiger partial charge on any atom is 0.307 e. The van der Waals surface area contributed by atoms with Crippen LogP contribution >= 0.6 is 0 Å². The molecule has 0 saturated carbocycles. The van der Waals surface area contributed by atoms with Gasteiger partial charge in [-0.25, -0.2) is 0 Å². The van der Waals surface area contributed by atoms with Gasteiger partial charge < -0.3 is 9.84 Å². The molecule has 0 amide bonds. The predicted octanol–water partition coefficient (Wildman–Crippen LogP) is 2.40. The number of hydrogen-bond acceptors (Lipinski definition) is 2. The quantitative estimate of drug-likeness (QED) is 0.752. The van der Waals surface area contributed by atoms with Gasteiger partial charge in [0.2, 0.25) is 0 Å². The largest absolute Gasteiger partial charge is 0.489 e. The maximum absolute atomic E-state index is 10.2. The number of benzene rings is 1. The van der Waals surface area contributed by atoms with E-state index in [0.29, 0.717) is 6.61 Å². The lowest BCUT2D eigenvalue weighted by molar-refractivity contribution is -0.136. The van der Waals surface area contributed by atoms with E-state index in [0.717, 1.165) is 11.3 Å². The van der Waals surface area contributed by atoms with Crippen LogP contribution in [-0.4, -0.2) is 17.7 Å². The number of hydrogen-bond donors (Lipinski definition) is 1. The highest BCUT2D eigenvalue weighted by Gasteiger charge is 1.95. The van der Waals surface area contributed by atoms with E-state index in [2.05, 4.69) is 0 Å². The first-order valence-corrected chi connectivity index (χ1v) is 4.75. The number of aryl methyl sites for hydroxylation is 1. The van der Waals surface area contributed by atoms with Crippen LogP contribution in [0.2, 0.25) is 0 Å². The van der Waals surface area contributed by atoms with E-state index in [1.807, 2.05) is 31.2 Å². The van der Waals surface area contributed by atoms with Gasteiger partial charge in [-0.2, -0.15) is 0 Å². The Hall–Kier alpha value is -1.77. The minimum atomic E-state index is -0.831. The van der Waals surface area contributed by atoms with Gasteiger partial charge in [-0.3, -0.25) is 4.79 Å². The molecule has 0 aliphatic heterocycles. The summed E-state index contributed by atoms with van der Waals surface area (Å²) in [7, 11) is 0. The standard InChI is InChI=1S/C12H14O3/c1-10-6-2-3-7-11(10)15-9-5-4-8-12(13)14/h2-7H,8-9H2,1H3,(H,13,14)/b5-4+. The number of carboxylic acid groups (broad SMARTS) is 1. The second-order valence-corrected chi connectivity index (χ2v) is 3.15. The summed E-state index contributed by atoms with van der Waals surface area (Å²) < 4.78 is 5.44. The van der Waals surface area contributed by atoms with Gasteiger partial charge in [-0.05, 0) is 18.6 Å². The van der Waals surface area contributed by atoms with Crippen molar-refractivity contribution in [2.75, 3.05) is 6.61 Å². The van der Waals surface area contributed by atoms with Crippen molar-refractivity contribution in [1.29, 1.82) is 0 Å². The van der Waals surface area contributed by atoms with E-state index < -0.39 is 5.97 Å². The van der Waals surface area contributed by atoms with Crippen molar-refractivity contribution in [3.05, 3.63) is 42.0 Å². The van der Waals surface area contributed by atoms with Gasteiger partial charge in [0, 0.05) is 0 Å². The van der Waals surface area contributed by atoms with Crippen LogP contribution in [0, 0.1) is 6.92 Å². The van der Waals surface area contributed by atoms with Crippen molar-refractivity contribution in [1.82, 2.24) is 0 Å². The molecule has 0 saturated heterocycles. The highest BCUT2D eigenvalue weighted by molar-refractivity contribution is 5.68. The molecular weight excluding hydrogens is 192 g/mol. The van der Waals surface area contributed by atoms with Crippen LogP contribution < -0.4 is 4.74 Å². The third-order valence-corrected chi connectivity index (χ3v) is 1.89. The summed E-state index contributed by atoms with van der Waals surface area (Å²) >= 11 is 0. The van der Waals surface area contributed by atoms with E-state index in [9.17, 15) is 4.79 Å². The first-order chi connectivity index (χ1) is 7.20. The van der Waals surface area contributed by atoms with Crippen molar-refractivity contribution < 1.29 is 14.6 Å². The fourth-order valence-corrected chi connectivity index (χ4v) is 1.11. The lowest BCUT2D eigenvalue weighted by atomic mass is 10.2. The number of para-hydroxylation sites is 1. The summed E-state index contributed by atoms with van der Waals surface area (Å²) in [5, 5.41) is 8.38. The molecule has 0 radical (unpaired) electrons. The molecule has 15 heavy (non-hydrogen) atoms. The number of carboxylic acids is 1. The molecule has 80 valence electrons. The molecule has 3 heteroatoms. The molecule has 0 bridgehead atoms. The monoisotopic (exact) mass is 206 g/mol. The second kappa shape index (κ2) is 5.86. The third-order valence-electron chi connectivity index (χ3n) is 1.89. The Labute approximate surface area is 89.0 Å². The average molecular weight is 206 g/mol. The third kappa shape index (κ3) is 4.31. The summed E-state index contributed by atoms with van der Waals surface area (Å²) in [5.41, 5.74) is 1.07. The molecular formula is C12H14O3. The van der Waals surface area contributed by atoms with Crippen LogP contribution in [0.5, 0.6) is 5.75 Å². The molecule has 0 aliphatic rings. The molecule has 1 rings (SSSR count). The Morgan fingerprint density at radius 3 is 2.80 bits per heavy atom. The van der Waals surface area contributed by atoms with Crippen LogP contribution in [0.3, 0.4) is 0 Å². The van der Waals surface area contributed by atoms with Crippen molar-refractivity contribution in [3.8, 4) is 5.75 Å². The van der Waals surface area contributed by atoms with Gasteiger partial charge in [-0.15, -0.1) is 0 Å². The zero-order chi connectivity index (χ0) is 11.1. The van der Waals surface area contributed by atoms with Crippen LogP contribution in [0.15, 0.2) is 36.4 Å². The summed E-state index contributed by atoms with van der Waals surface area (Å²) in [5.74, 6) is -0.000355. The molecule has 0 spiro atoms. The number of aliphatic carboxylic acids is 1. The van der Waals surface area contributed by atoms with Crippen LogP contribution in [0.4, 0.5) is 0 Å². The lowest BCUT2D eigenvalue weighted by Gasteiger charge is -2.05. The predicted molar refractivity (Wildman–Crippen MR) is 58.1 cm³/mol. The normalized spacial score (nSPS) is 10.5. The number of ether oxygens (including phenoxy) is 1.